The SMILES string of the molecule is CC(C)S(=O)(=O)c1ccc(OBOc2ccc(S(=O)(=O)C(C)C)cc2)cc1. The fourth-order valence-corrected chi connectivity index (χ4v) is 4.28. The van der Waals surface area contributed by atoms with Crippen LogP contribution in [-0.2, 0) is 19.7 Å². The Balaban J connectivity index is 1.95. The zero-order valence-corrected chi connectivity index (χ0v) is 17.4. The van der Waals surface area contributed by atoms with Crippen LogP contribution in [0.5, 0.6) is 11.5 Å². The van der Waals surface area contributed by atoms with E-state index in [0.29, 0.717) is 11.5 Å². The first-order valence-corrected chi connectivity index (χ1v) is 11.6. The molecular weight excluding hydrogens is 387 g/mol. The van der Waals surface area contributed by atoms with Crippen LogP contribution in [-0.4, -0.2) is 35.0 Å². The Morgan fingerprint density at radius 3 is 1.19 bits per heavy atom. The third-order valence-electron chi connectivity index (χ3n) is 4.00. The lowest BCUT2D eigenvalue weighted by atomic mass is 10.3. The van der Waals surface area contributed by atoms with E-state index < -0.39 is 30.2 Å². The molecule has 0 saturated heterocycles. The molecule has 0 amide bonds. The highest BCUT2D eigenvalue weighted by atomic mass is 32.2. The highest BCUT2D eigenvalue weighted by molar-refractivity contribution is 7.92. The standard InChI is InChI=1S/C18H23BO6S2/c1-13(2)26(20,21)17-9-5-15(6-10-17)24-19-25-16-7-11-18(12-8-16)27(22,23)14(3)4/h5-14,19H,1-4H3. The predicted molar refractivity (Wildman–Crippen MR) is 106 cm³/mol. The van der Waals surface area contributed by atoms with Gasteiger partial charge in [-0.25, -0.2) is 16.8 Å². The molecule has 0 fully saturated rings. The van der Waals surface area contributed by atoms with Crippen LogP contribution in [0, 0.1) is 0 Å². The van der Waals surface area contributed by atoms with Crippen molar-refractivity contribution in [3.05, 3.63) is 48.5 Å². The molecule has 0 heterocycles. The van der Waals surface area contributed by atoms with Crippen LogP contribution >= 0.6 is 0 Å². The van der Waals surface area contributed by atoms with E-state index in [2.05, 4.69) is 0 Å². The Morgan fingerprint density at radius 1 is 0.630 bits per heavy atom. The number of rotatable bonds is 8. The van der Waals surface area contributed by atoms with E-state index in [9.17, 15) is 16.8 Å². The van der Waals surface area contributed by atoms with E-state index in [4.69, 9.17) is 9.31 Å². The van der Waals surface area contributed by atoms with Crippen molar-refractivity contribution in [3.8, 4) is 11.5 Å². The van der Waals surface area contributed by atoms with Crippen molar-refractivity contribution in [2.75, 3.05) is 0 Å². The second-order valence-corrected chi connectivity index (χ2v) is 11.5. The minimum atomic E-state index is -3.32. The molecule has 0 N–H and O–H groups in total. The van der Waals surface area contributed by atoms with Gasteiger partial charge in [0.05, 0.1) is 20.3 Å². The highest BCUT2D eigenvalue weighted by Crippen LogP contribution is 2.21. The summed E-state index contributed by atoms with van der Waals surface area (Å²) in [4.78, 5) is 0.487. The van der Waals surface area contributed by atoms with Crippen LogP contribution in [0.25, 0.3) is 0 Å². The van der Waals surface area contributed by atoms with Gasteiger partial charge in [-0.1, -0.05) is 0 Å². The van der Waals surface area contributed by atoms with Crippen LogP contribution in [0.4, 0.5) is 0 Å². The van der Waals surface area contributed by atoms with Gasteiger partial charge in [0.2, 0.25) is 0 Å². The van der Waals surface area contributed by atoms with Crippen LogP contribution in [0.1, 0.15) is 27.7 Å². The van der Waals surface area contributed by atoms with Gasteiger partial charge < -0.3 is 9.31 Å². The molecule has 0 atom stereocenters. The molecular formula is C18H23BO6S2. The third kappa shape index (κ3) is 5.04. The fraction of sp³-hybridized carbons (Fsp3) is 0.333. The summed E-state index contributed by atoms with van der Waals surface area (Å²) in [6.45, 7) is 6.52. The molecule has 0 unspecified atom stereocenters. The quantitative estimate of drug-likeness (QED) is 0.622. The van der Waals surface area contributed by atoms with E-state index in [1.807, 2.05) is 0 Å². The molecule has 0 aliphatic carbocycles. The summed E-state index contributed by atoms with van der Waals surface area (Å²) in [6, 6.07) is 12.3. The molecule has 0 bridgehead atoms. The van der Waals surface area contributed by atoms with Gasteiger partial charge in [-0.15, -0.1) is 0 Å². The van der Waals surface area contributed by atoms with Crippen LogP contribution in [0.15, 0.2) is 58.3 Å². The molecule has 2 aromatic carbocycles. The molecule has 0 saturated carbocycles. The zero-order valence-electron chi connectivity index (χ0n) is 15.7. The van der Waals surface area contributed by atoms with Crippen molar-refractivity contribution in [1.82, 2.24) is 0 Å². The van der Waals surface area contributed by atoms with Gasteiger partial charge in [-0.05, 0) is 76.2 Å². The van der Waals surface area contributed by atoms with Crippen molar-refractivity contribution in [3.63, 3.8) is 0 Å². The lowest BCUT2D eigenvalue weighted by Gasteiger charge is -2.11. The van der Waals surface area contributed by atoms with E-state index in [-0.39, 0.29) is 17.5 Å². The summed E-state index contributed by atoms with van der Waals surface area (Å²) in [7, 11) is -6.72. The molecule has 146 valence electrons. The molecule has 0 aliphatic rings. The van der Waals surface area contributed by atoms with E-state index >= 15 is 0 Å². The van der Waals surface area contributed by atoms with E-state index in [0.717, 1.165) is 0 Å². The van der Waals surface area contributed by atoms with Crippen LogP contribution in [0.3, 0.4) is 0 Å². The topological polar surface area (TPSA) is 86.7 Å². The highest BCUT2D eigenvalue weighted by Gasteiger charge is 2.19. The Labute approximate surface area is 161 Å². The van der Waals surface area contributed by atoms with Gasteiger partial charge >= 0.3 is 7.69 Å². The van der Waals surface area contributed by atoms with Crippen LogP contribution in [0.2, 0.25) is 0 Å². The van der Waals surface area contributed by atoms with Crippen molar-refractivity contribution >= 4 is 27.4 Å². The molecule has 2 rings (SSSR count). The molecule has 6 nitrogen and oxygen atoms in total. The van der Waals surface area contributed by atoms with Gasteiger partial charge in [0.15, 0.2) is 19.7 Å². The number of hydrogen-bond donors (Lipinski definition) is 0. The average Bonchev–Trinajstić information content (AvgIpc) is 2.62. The number of sulfone groups is 2. The Hall–Kier alpha value is -2.00. The first-order valence-electron chi connectivity index (χ1n) is 8.48. The van der Waals surface area contributed by atoms with Crippen molar-refractivity contribution < 1.29 is 26.1 Å². The lowest BCUT2D eigenvalue weighted by Crippen LogP contribution is -2.15. The first kappa shape index (κ1) is 21.3. The summed E-state index contributed by atoms with van der Waals surface area (Å²) < 4.78 is 59.2. The van der Waals surface area contributed by atoms with Gasteiger partial charge in [0.25, 0.3) is 0 Å². The second-order valence-electron chi connectivity index (χ2n) is 6.54. The van der Waals surface area contributed by atoms with E-state index in [1.54, 1.807) is 52.0 Å². The summed E-state index contributed by atoms with van der Waals surface area (Å²) in [5, 5.41) is -0.981. The monoisotopic (exact) mass is 410 g/mol. The Bertz CT molecular complexity index is 882. The first-order chi connectivity index (χ1) is 12.5. The molecule has 9 heteroatoms. The number of benzene rings is 2. The normalized spacial score (nSPS) is 12.2. The lowest BCUT2D eigenvalue weighted by molar-refractivity contribution is 0.458. The molecule has 27 heavy (non-hydrogen) atoms. The molecule has 0 aromatic heterocycles. The van der Waals surface area contributed by atoms with Crippen molar-refractivity contribution in [2.45, 2.75) is 48.0 Å². The maximum absolute atomic E-state index is 12.1. The Morgan fingerprint density at radius 2 is 0.926 bits per heavy atom. The van der Waals surface area contributed by atoms with Gasteiger partial charge in [0.1, 0.15) is 11.5 Å². The molecule has 0 radical (unpaired) electrons. The van der Waals surface area contributed by atoms with Gasteiger partial charge in [-0.3, -0.25) is 0 Å². The van der Waals surface area contributed by atoms with Crippen molar-refractivity contribution in [2.24, 2.45) is 0 Å². The minimum Gasteiger partial charge on any atom is -0.529 e. The number of hydrogen-bond acceptors (Lipinski definition) is 6. The smallest absolute Gasteiger partial charge is 0.529 e. The zero-order chi connectivity index (χ0) is 20.2. The summed E-state index contributed by atoms with van der Waals surface area (Å²) in [5.74, 6) is 0.938. The Kier molecular flexibility index (Phi) is 6.59. The summed E-state index contributed by atoms with van der Waals surface area (Å²) in [6.07, 6.45) is 0. The third-order valence-corrected chi connectivity index (χ3v) is 8.34. The van der Waals surface area contributed by atoms with E-state index in [1.165, 1.54) is 24.3 Å². The second kappa shape index (κ2) is 8.35. The summed E-state index contributed by atoms with van der Waals surface area (Å²) in [5.41, 5.74) is 0. The molecule has 0 aliphatic heterocycles. The maximum atomic E-state index is 12.1. The maximum Gasteiger partial charge on any atom is 0.576 e. The molecule has 2 aromatic rings. The minimum absolute atomic E-state index is 0.0907. The summed E-state index contributed by atoms with van der Waals surface area (Å²) >= 11 is 0. The van der Waals surface area contributed by atoms with Gasteiger partial charge in [-0.2, -0.15) is 0 Å². The average molecular weight is 410 g/mol. The van der Waals surface area contributed by atoms with Crippen LogP contribution < -0.4 is 9.31 Å². The predicted octanol–water partition coefficient (Wildman–Crippen LogP) is 2.78. The molecule has 0 spiro atoms. The fourth-order valence-electron chi connectivity index (χ4n) is 2.16. The van der Waals surface area contributed by atoms with Crippen molar-refractivity contribution in [1.29, 1.82) is 0 Å². The van der Waals surface area contributed by atoms with Gasteiger partial charge in [0, 0.05) is 0 Å². The largest absolute Gasteiger partial charge is 0.576 e.